The fourth-order valence-corrected chi connectivity index (χ4v) is 6.51. The van der Waals surface area contributed by atoms with E-state index < -0.39 is 38.3 Å². The van der Waals surface area contributed by atoms with Crippen LogP contribution in [0.25, 0.3) is 0 Å². The van der Waals surface area contributed by atoms with Gasteiger partial charge in [-0.15, -0.1) is 4.40 Å². The smallest absolute Gasteiger partial charge is 0.410 e. The van der Waals surface area contributed by atoms with E-state index in [0.717, 1.165) is 11.3 Å². The van der Waals surface area contributed by atoms with Crippen molar-refractivity contribution < 1.29 is 27.1 Å². The Balaban J connectivity index is 1.39. The van der Waals surface area contributed by atoms with Crippen molar-refractivity contribution >= 4 is 27.8 Å². The lowest BCUT2D eigenvalue weighted by Crippen LogP contribution is -2.52. The molecule has 218 valence electrons. The van der Waals surface area contributed by atoms with Crippen molar-refractivity contribution in [3.63, 3.8) is 0 Å². The minimum atomic E-state index is -3.93. The molecule has 40 heavy (non-hydrogen) atoms. The van der Waals surface area contributed by atoms with Crippen LogP contribution in [0, 0.1) is 5.82 Å². The van der Waals surface area contributed by atoms with E-state index in [4.69, 9.17) is 9.47 Å². The molecular weight excluding hydrogens is 535 g/mol. The second kappa shape index (κ2) is 11.3. The van der Waals surface area contributed by atoms with Crippen LogP contribution < -0.4 is 10.2 Å². The summed E-state index contributed by atoms with van der Waals surface area (Å²) in [7, 11) is -3.93. The summed E-state index contributed by atoms with van der Waals surface area (Å²) in [5.41, 5.74) is 0.624. The highest BCUT2D eigenvalue weighted by molar-refractivity contribution is 7.91. The molecule has 0 saturated carbocycles. The number of ether oxygens (including phenoxy) is 2. The van der Waals surface area contributed by atoms with Crippen molar-refractivity contribution in [3.05, 3.63) is 65.5 Å². The number of sulfonamides is 1. The second-order valence-electron chi connectivity index (χ2n) is 11.8. The maximum absolute atomic E-state index is 14.2. The molecule has 11 heteroatoms. The summed E-state index contributed by atoms with van der Waals surface area (Å²) in [5, 5.41) is 2.00. The lowest BCUT2D eigenvalue weighted by atomic mass is 9.97. The van der Waals surface area contributed by atoms with Crippen molar-refractivity contribution in [2.45, 2.75) is 70.5 Å². The molecule has 1 fully saturated rings. The highest BCUT2D eigenvalue weighted by atomic mass is 32.2. The highest BCUT2D eigenvalue weighted by Crippen LogP contribution is 2.32. The monoisotopic (exact) mass is 574 g/mol. The van der Waals surface area contributed by atoms with Crippen molar-refractivity contribution in [1.29, 1.82) is 0 Å². The predicted molar refractivity (Wildman–Crippen MR) is 153 cm³/mol. The van der Waals surface area contributed by atoms with Crippen molar-refractivity contribution in [1.82, 2.24) is 10.2 Å². The summed E-state index contributed by atoms with van der Waals surface area (Å²) in [5.74, 6) is -0.396. The molecule has 0 bridgehead atoms. The first-order valence-electron chi connectivity index (χ1n) is 13.5. The number of benzene rings is 2. The molecule has 2 aromatic carbocycles. The number of carbonyl (C=O) groups is 1. The molecule has 2 aliphatic heterocycles. The zero-order chi connectivity index (χ0) is 29.3. The molecule has 0 radical (unpaired) electrons. The number of rotatable bonds is 5. The number of nitrogens with one attached hydrogen (secondary N) is 1. The van der Waals surface area contributed by atoms with E-state index in [1.807, 2.05) is 45.0 Å². The molecule has 2 atom stereocenters. The summed E-state index contributed by atoms with van der Waals surface area (Å²) in [4.78, 5) is 16.2. The fraction of sp³-hybridized carbons (Fsp3) is 0.517. The molecule has 0 aliphatic carbocycles. The van der Waals surface area contributed by atoms with Gasteiger partial charge >= 0.3 is 12.1 Å². The normalized spacial score (nSPS) is 21.2. The summed E-state index contributed by atoms with van der Waals surface area (Å²) in [6.07, 6.45) is -0.0782. The van der Waals surface area contributed by atoms with Crippen LogP contribution in [-0.4, -0.2) is 68.1 Å². The predicted octanol–water partition coefficient (Wildman–Crippen LogP) is 4.64. The van der Waals surface area contributed by atoms with Crippen molar-refractivity contribution in [2.75, 3.05) is 31.1 Å². The fourth-order valence-electron chi connectivity index (χ4n) is 4.90. The number of hydrogen-bond acceptors (Lipinski definition) is 7. The van der Waals surface area contributed by atoms with Gasteiger partial charge in [0.25, 0.3) is 10.0 Å². The largest absolute Gasteiger partial charge is 0.457 e. The second-order valence-corrected chi connectivity index (χ2v) is 13.6. The molecule has 2 aliphatic rings. The van der Waals surface area contributed by atoms with Crippen molar-refractivity contribution in [2.24, 2.45) is 4.40 Å². The maximum Gasteiger partial charge on any atom is 0.410 e. The van der Waals surface area contributed by atoms with E-state index in [1.165, 1.54) is 6.07 Å². The number of halogens is 1. The van der Waals surface area contributed by atoms with Crippen LogP contribution in [0.5, 0.6) is 0 Å². The van der Waals surface area contributed by atoms with Gasteiger partial charge < -0.3 is 24.6 Å². The van der Waals surface area contributed by atoms with Gasteiger partial charge in [0.1, 0.15) is 22.3 Å². The topological polar surface area (TPSA) is 101 Å². The Morgan fingerprint density at radius 1 is 1.12 bits per heavy atom. The third-order valence-electron chi connectivity index (χ3n) is 7.07. The number of anilines is 1. The molecule has 0 spiro atoms. The van der Waals surface area contributed by atoms with Gasteiger partial charge in [0, 0.05) is 37.4 Å². The minimum Gasteiger partial charge on any atom is -0.457 e. The van der Waals surface area contributed by atoms with Crippen LogP contribution in [0.15, 0.2) is 52.9 Å². The van der Waals surface area contributed by atoms with E-state index >= 15 is 0 Å². The summed E-state index contributed by atoms with van der Waals surface area (Å²) in [6.45, 7) is 13.2. The van der Waals surface area contributed by atoms with Crippen LogP contribution in [0.3, 0.4) is 0 Å². The molecule has 2 heterocycles. The average molecular weight is 575 g/mol. The first kappa shape index (κ1) is 29.6. The lowest BCUT2D eigenvalue weighted by Gasteiger charge is -2.38. The third-order valence-corrected chi connectivity index (χ3v) is 8.94. The number of nitrogens with zero attached hydrogens (tertiary/aromatic N) is 3. The molecule has 1 amide bonds. The molecule has 0 aromatic heterocycles. The summed E-state index contributed by atoms with van der Waals surface area (Å²) >= 11 is 0. The number of carbonyl (C=O) groups excluding carboxylic acids is 1. The maximum atomic E-state index is 14.2. The van der Waals surface area contributed by atoms with Crippen LogP contribution >= 0.6 is 0 Å². The molecule has 1 saturated heterocycles. The Labute approximate surface area is 236 Å². The lowest BCUT2D eigenvalue weighted by molar-refractivity contribution is 0.0240. The molecule has 4 rings (SSSR count). The number of hydrogen-bond donors (Lipinski definition) is 1. The quantitative estimate of drug-likeness (QED) is 0.555. The van der Waals surface area contributed by atoms with Gasteiger partial charge in [-0.2, -0.15) is 0 Å². The van der Waals surface area contributed by atoms with Gasteiger partial charge in [-0.1, -0.05) is 30.3 Å². The van der Waals surface area contributed by atoms with Crippen molar-refractivity contribution in [3.8, 4) is 0 Å². The zero-order valence-electron chi connectivity index (χ0n) is 24.0. The van der Waals surface area contributed by atoms with Crippen LogP contribution in [-0.2, 0) is 25.9 Å². The van der Waals surface area contributed by atoms with Gasteiger partial charge in [-0.25, -0.2) is 17.6 Å². The third kappa shape index (κ3) is 7.04. The minimum absolute atomic E-state index is 0.141. The summed E-state index contributed by atoms with van der Waals surface area (Å²) < 4.78 is 56.1. The Hall–Kier alpha value is -3.34. The van der Waals surface area contributed by atoms with Gasteiger partial charge in [0.15, 0.2) is 0 Å². The van der Waals surface area contributed by atoms with Crippen LogP contribution in [0.2, 0.25) is 0 Å². The Morgan fingerprint density at radius 3 is 2.33 bits per heavy atom. The van der Waals surface area contributed by atoms with Crippen LogP contribution in [0.1, 0.15) is 58.7 Å². The van der Waals surface area contributed by atoms with Gasteiger partial charge in [-0.05, 0) is 71.7 Å². The molecule has 2 aromatic rings. The van der Waals surface area contributed by atoms with E-state index in [2.05, 4.69) is 14.6 Å². The zero-order valence-corrected chi connectivity index (χ0v) is 24.8. The first-order valence-corrected chi connectivity index (χ1v) is 15.0. The van der Waals surface area contributed by atoms with E-state index in [-0.39, 0.29) is 18.5 Å². The first-order chi connectivity index (χ1) is 18.6. The van der Waals surface area contributed by atoms with Gasteiger partial charge in [0.05, 0.1) is 6.04 Å². The average Bonchev–Trinajstić information content (AvgIpc) is 2.85. The molecule has 0 unspecified atom stereocenters. The molecular formula is C29H39FN4O5S. The van der Waals surface area contributed by atoms with E-state index in [0.29, 0.717) is 31.7 Å². The number of amidine groups is 1. The standard InChI is InChI=1S/C29H39FN4O5S/c1-20(23-9-7-8-10-24(23)30)31-26-32-40(36,37)25(29(5,6)38-26)19-21-11-13-22(14-12-21)33-15-17-34(18-16-33)27(35)39-28(2,3)4/h7-14,20,25H,15-19H2,1-6H3,(H,31,32)/t20-,25+/m0/s1. The van der Waals surface area contributed by atoms with E-state index in [9.17, 15) is 17.6 Å². The molecule has 9 nitrogen and oxygen atoms in total. The number of piperazine rings is 1. The van der Waals surface area contributed by atoms with E-state index in [1.54, 1.807) is 43.9 Å². The Morgan fingerprint density at radius 2 is 1.75 bits per heavy atom. The Bertz CT molecular complexity index is 1350. The Kier molecular flexibility index (Phi) is 8.35. The summed E-state index contributed by atoms with van der Waals surface area (Å²) in [6, 6.07) is 13.4. The van der Waals surface area contributed by atoms with Gasteiger partial charge in [-0.3, -0.25) is 0 Å². The highest BCUT2D eigenvalue weighted by Gasteiger charge is 2.46. The van der Waals surface area contributed by atoms with Gasteiger partial charge in [0.2, 0.25) is 0 Å². The van der Waals surface area contributed by atoms with Crippen LogP contribution in [0.4, 0.5) is 14.9 Å². The SMILES string of the molecule is C[C@H](NC1=NS(=O)(=O)[C@H](Cc2ccc(N3CCN(C(=O)OC(C)(C)C)CC3)cc2)C(C)(C)O1)c1ccccc1F. The molecule has 1 N–H and O–H groups in total. The number of amides is 1.